The average molecular weight is 164 g/mol. The van der Waals surface area contributed by atoms with Crippen LogP contribution in [-0.2, 0) is 0 Å². The maximum Gasteiger partial charge on any atom is 0.0641 e. The minimum Gasteiger partial charge on any atom is -0.296 e. The second-order valence-corrected chi connectivity index (χ2v) is 3.26. The third-order valence-corrected chi connectivity index (χ3v) is 2.43. The molecule has 0 bridgehead atoms. The Morgan fingerprint density at radius 3 is 2.58 bits per heavy atom. The van der Waals surface area contributed by atoms with Crippen LogP contribution in [0.15, 0.2) is 12.7 Å². The molecule has 1 atom stereocenters. The van der Waals surface area contributed by atoms with E-state index >= 15 is 0 Å². The molecule has 1 heterocycles. The molecular weight excluding hydrogens is 148 g/mol. The predicted octanol–water partition coefficient (Wildman–Crippen LogP) is 1.94. The van der Waals surface area contributed by atoms with Crippen LogP contribution >= 0.6 is 0 Å². The van der Waals surface area contributed by atoms with Gasteiger partial charge in [0.1, 0.15) is 0 Å². The molecule has 0 spiro atoms. The van der Waals surface area contributed by atoms with Crippen molar-refractivity contribution in [3.05, 3.63) is 12.7 Å². The summed E-state index contributed by atoms with van der Waals surface area (Å²) in [4.78, 5) is 2.36. The number of nitrogens with zero attached hydrogens (tertiary/aromatic N) is 2. The Hall–Kier alpha value is -0.810. The quantitative estimate of drug-likeness (QED) is 0.596. The number of nitriles is 1. The molecule has 0 aromatic carbocycles. The molecule has 1 saturated heterocycles. The van der Waals surface area contributed by atoms with Gasteiger partial charge in [-0.2, -0.15) is 5.26 Å². The summed E-state index contributed by atoms with van der Waals surface area (Å²) in [6, 6.07) is 2.49. The van der Waals surface area contributed by atoms with Gasteiger partial charge >= 0.3 is 0 Å². The molecule has 1 aliphatic rings. The average Bonchev–Trinajstić information content (AvgIpc) is 2.15. The maximum absolute atomic E-state index is 8.57. The fraction of sp³-hybridized carbons (Fsp3) is 0.700. The summed E-state index contributed by atoms with van der Waals surface area (Å²) in [6.45, 7) is 6.04. The zero-order valence-corrected chi connectivity index (χ0v) is 7.50. The van der Waals surface area contributed by atoms with E-state index in [0.29, 0.717) is 6.42 Å². The highest BCUT2D eigenvalue weighted by atomic mass is 15.2. The lowest BCUT2D eigenvalue weighted by Crippen LogP contribution is -2.37. The van der Waals surface area contributed by atoms with Gasteiger partial charge in [-0.05, 0) is 25.9 Å². The highest BCUT2D eigenvalue weighted by Crippen LogP contribution is 2.14. The van der Waals surface area contributed by atoms with E-state index in [9.17, 15) is 0 Å². The molecule has 1 unspecified atom stereocenters. The largest absolute Gasteiger partial charge is 0.296 e. The summed E-state index contributed by atoms with van der Waals surface area (Å²) in [5.74, 6) is 0. The Balaban J connectivity index is 2.41. The van der Waals surface area contributed by atoms with Crippen LogP contribution in [0.3, 0.4) is 0 Å². The van der Waals surface area contributed by atoms with Crippen molar-refractivity contribution in [1.29, 1.82) is 5.26 Å². The lowest BCUT2D eigenvalue weighted by Gasteiger charge is -2.31. The van der Waals surface area contributed by atoms with Crippen LogP contribution in [0.1, 0.15) is 25.7 Å². The number of hydrogen-bond donors (Lipinski definition) is 0. The zero-order valence-electron chi connectivity index (χ0n) is 7.50. The van der Waals surface area contributed by atoms with Gasteiger partial charge < -0.3 is 0 Å². The van der Waals surface area contributed by atoms with Crippen molar-refractivity contribution in [2.24, 2.45) is 0 Å². The van der Waals surface area contributed by atoms with E-state index in [4.69, 9.17) is 5.26 Å². The second-order valence-electron chi connectivity index (χ2n) is 3.26. The van der Waals surface area contributed by atoms with Crippen LogP contribution in [-0.4, -0.2) is 24.0 Å². The zero-order chi connectivity index (χ0) is 8.81. The Morgan fingerprint density at radius 2 is 2.08 bits per heavy atom. The molecule has 2 heteroatoms. The molecule has 0 aromatic heterocycles. The van der Waals surface area contributed by atoms with Gasteiger partial charge in [0.2, 0.25) is 0 Å². The molecule has 66 valence electrons. The van der Waals surface area contributed by atoms with E-state index in [-0.39, 0.29) is 6.04 Å². The molecule has 0 aliphatic carbocycles. The summed E-state index contributed by atoms with van der Waals surface area (Å²) in [7, 11) is 0. The maximum atomic E-state index is 8.57. The van der Waals surface area contributed by atoms with Crippen LogP contribution in [0, 0.1) is 11.3 Å². The van der Waals surface area contributed by atoms with Gasteiger partial charge in [-0.15, -0.1) is 6.58 Å². The van der Waals surface area contributed by atoms with E-state index in [1.165, 1.54) is 19.3 Å². The molecule has 1 aliphatic heterocycles. The van der Waals surface area contributed by atoms with Crippen molar-refractivity contribution in [3.8, 4) is 6.07 Å². The van der Waals surface area contributed by atoms with Gasteiger partial charge in [0.05, 0.1) is 12.5 Å². The van der Waals surface area contributed by atoms with Crippen molar-refractivity contribution in [1.82, 2.24) is 4.90 Å². The van der Waals surface area contributed by atoms with Crippen LogP contribution in [0.2, 0.25) is 0 Å². The van der Waals surface area contributed by atoms with E-state index in [0.717, 1.165) is 13.1 Å². The smallest absolute Gasteiger partial charge is 0.0641 e. The number of piperidine rings is 1. The van der Waals surface area contributed by atoms with Crippen molar-refractivity contribution in [3.63, 3.8) is 0 Å². The minimum absolute atomic E-state index is 0.287. The SMILES string of the molecule is C=CC(CC#N)N1CCCCC1. The van der Waals surface area contributed by atoms with E-state index in [1.54, 1.807) is 0 Å². The van der Waals surface area contributed by atoms with Gasteiger partial charge in [0.25, 0.3) is 0 Å². The molecule has 1 rings (SSSR count). The Labute approximate surface area is 74.5 Å². The number of likely N-dealkylation sites (tertiary alicyclic amines) is 1. The Bertz CT molecular complexity index is 175. The second kappa shape index (κ2) is 4.95. The predicted molar refractivity (Wildman–Crippen MR) is 49.6 cm³/mol. The van der Waals surface area contributed by atoms with Crippen LogP contribution in [0.5, 0.6) is 0 Å². The molecule has 0 amide bonds. The molecule has 12 heavy (non-hydrogen) atoms. The third kappa shape index (κ3) is 2.35. The highest BCUT2D eigenvalue weighted by Gasteiger charge is 2.16. The number of rotatable bonds is 3. The van der Waals surface area contributed by atoms with Crippen LogP contribution in [0.25, 0.3) is 0 Å². The highest BCUT2D eigenvalue weighted by molar-refractivity contribution is 4.94. The lowest BCUT2D eigenvalue weighted by molar-refractivity contribution is 0.193. The van der Waals surface area contributed by atoms with Gasteiger partial charge in [0, 0.05) is 6.04 Å². The molecule has 0 saturated carbocycles. The lowest BCUT2D eigenvalue weighted by atomic mass is 10.1. The molecule has 2 nitrogen and oxygen atoms in total. The van der Waals surface area contributed by atoms with Crippen LogP contribution in [0.4, 0.5) is 0 Å². The summed E-state index contributed by atoms with van der Waals surface area (Å²) < 4.78 is 0. The molecule has 0 radical (unpaired) electrons. The monoisotopic (exact) mass is 164 g/mol. The molecular formula is C10H16N2. The summed E-state index contributed by atoms with van der Waals surface area (Å²) in [5.41, 5.74) is 0. The minimum atomic E-state index is 0.287. The van der Waals surface area contributed by atoms with E-state index < -0.39 is 0 Å². The van der Waals surface area contributed by atoms with Gasteiger partial charge in [-0.3, -0.25) is 4.90 Å². The van der Waals surface area contributed by atoms with Gasteiger partial charge in [-0.1, -0.05) is 12.5 Å². The van der Waals surface area contributed by atoms with Crippen molar-refractivity contribution in [2.75, 3.05) is 13.1 Å². The molecule has 1 fully saturated rings. The standard InChI is InChI=1S/C10H16N2/c1-2-10(6-7-11)12-8-4-3-5-9-12/h2,10H,1,3-6,8-9H2. The first-order valence-electron chi connectivity index (χ1n) is 4.62. The summed E-state index contributed by atoms with van der Waals surface area (Å²) in [6.07, 6.45) is 6.37. The van der Waals surface area contributed by atoms with Crippen LogP contribution < -0.4 is 0 Å². The summed E-state index contributed by atoms with van der Waals surface area (Å²) >= 11 is 0. The Morgan fingerprint density at radius 1 is 1.42 bits per heavy atom. The number of hydrogen-bond acceptors (Lipinski definition) is 2. The Kier molecular flexibility index (Phi) is 3.83. The summed E-state index contributed by atoms with van der Waals surface area (Å²) in [5, 5.41) is 8.57. The first kappa shape index (κ1) is 9.28. The van der Waals surface area contributed by atoms with Gasteiger partial charge in [-0.25, -0.2) is 0 Å². The fourth-order valence-corrected chi connectivity index (χ4v) is 1.71. The topological polar surface area (TPSA) is 27.0 Å². The van der Waals surface area contributed by atoms with Crippen molar-refractivity contribution >= 4 is 0 Å². The van der Waals surface area contributed by atoms with E-state index in [1.807, 2.05) is 6.08 Å². The van der Waals surface area contributed by atoms with E-state index in [2.05, 4.69) is 17.5 Å². The third-order valence-electron chi connectivity index (χ3n) is 2.43. The molecule has 0 N–H and O–H groups in total. The molecule has 0 aromatic rings. The van der Waals surface area contributed by atoms with Crippen molar-refractivity contribution < 1.29 is 0 Å². The van der Waals surface area contributed by atoms with Gasteiger partial charge in [0.15, 0.2) is 0 Å². The fourth-order valence-electron chi connectivity index (χ4n) is 1.71. The normalized spacial score (nSPS) is 21.2. The van der Waals surface area contributed by atoms with Crippen molar-refractivity contribution in [2.45, 2.75) is 31.7 Å². The first-order chi connectivity index (χ1) is 5.88. The first-order valence-corrected chi connectivity index (χ1v) is 4.62.